The van der Waals surface area contributed by atoms with Crippen LogP contribution in [-0.4, -0.2) is 25.0 Å². The second kappa shape index (κ2) is 4.98. The summed E-state index contributed by atoms with van der Waals surface area (Å²) in [7, 11) is 1.40. The summed E-state index contributed by atoms with van der Waals surface area (Å²) in [4.78, 5) is 21.7. The van der Waals surface area contributed by atoms with Crippen LogP contribution in [0.25, 0.3) is 0 Å². The molecule has 1 rings (SSSR count). The highest BCUT2D eigenvalue weighted by molar-refractivity contribution is 5.80. The maximum atomic E-state index is 11.2. The van der Waals surface area contributed by atoms with Crippen molar-refractivity contribution in [2.24, 2.45) is 5.92 Å². The number of ether oxygens (including phenoxy) is 1. The predicted molar refractivity (Wildman–Crippen MR) is 50.2 cm³/mol. The zero-order chi connectivity index (χ0) is 10.6. The molecule has 1 amide bonds. The lowest BCUT2D eigenvalue weighted by Crippen LogP contribution is -2.37. The number of carbonyl (C=O) groups is 2. The summed E-state index contributed by atoms with van der Waals surface area (Å²) in [5.74, 6) is -0.653. The SMILES string of the molecule is [CH]C(=O)NC1CCC(C(=O)OC)CC1. The molecule has 0 unspecified atom stereocenters. The van der Waals surface area contributed by atoms with Gasteiger partial charge in [0.2, 0.25) is 5.91 Å². The van der Waals surface area contributed by atoms with Crippen molar-refractivity contribution in [2.75, 3.05) is 7.11 Å². The third kappa shape index (κ3) is 3.01. The van der Waals surface area contributed by atoms with Gasteiger partial charge in [0.15, 0.2) is 0 Å². The standard InChI is InChI=1S/C10H15NO3/c1-7(12)11-9-5-3-8(4-6-9)10(13)14-2/h1,8-9H,3-6H2,2H3,(H,11,12). The van der Waals surface area contributed by atoms with E-state index in [9.17, 15) is 9.59 Å². The summed E-state index contributed by atoms with van der Waals surface area (Å²) < 4.78 is 4.66. The summed E-state index contributed by atoms with van der Waals surface area (Å²) in [5, 5.41) is 2.65. The fourth-order valence-electron chi connectivity index (χ4n) is 1.84. The number of hydrogen-bond donors (Lipinski definition) is 1. The first-order valence-electron chi connectivity index (χ1n) is 4.77. The van der Waals surface area contributed by atoms with Gasteiger partial charge in [-0.1, -0.05) is 0 Å². The number of amides is 1. The summed E-state index contributed by atoms with van der Waals surface area (Å²) in [6, 6.07) is 0.119. The number of nitrogens with one attached hydrogen (secondary N) is 1. The van der Waals surface area contributed by atoms with Gasteiger partial charge >= 0.3 is 5.97 Å². The molecule has 0 aromatic carbocycles. The lowest BCUT2D eigenvalue weighted by Gasteiger charge is -2.26. The average molecular weight is 197 g/mol. The van der Waals surface area contributed by atoms with Crippen molar-refractivity contribution in [1.82, 2.24) is 5.32 Å². The zero-order valence-electron chi connectivity index (χ0n) is 8.29. The van der Waals surface area contributed by atoms with Gasteiger partial charge in [-0.2, -0.15) is 0 Å². The van der Waals surface area contributed by atoms with E-state index in [0.717, 1.165) is 25.7 Å². The number of rotatable bonds is 2. The van der Waals surface area contributed by atoms with E-state index >= 15 is 0 Å². The fourth-order valence-corrected chi connectivity index (χ4v) is 1.84. The largest absolute Gasteiger partial charge is 0.469 e. The molecule has 14 heavy (non-hydrogen) atoms. The highest BCUT2D eigenvalue weighted by Gasteiger charge is 2.26. The summed E-state index contributed by atoms with van der Waals surface area (Å²) >= 11 is 0. The molecule has 4 heteroatoms. The van der Waals surface area contributed by atoms with E-state index in [1.807, 2.05) is 0 Å². The van der Waals surface area contributed by atoms with Gasteiger partial charge in [-0.05, 0) is 25.7 Å². The molecular formula is C10H15NO3. The van der Waals surface area contributed by atoms with Crippen LogP contribution in [-0.2, 0) is 14.3 Å². The summed E-state index contributed by atoms with van der Waals surface area (Å²) in [6.07, 6.45) is 3.11. The topological polar surface area (TPSA) is 55.4 Å². The zero-order valence-corrected chi connectivity index (χ0v) is 8.29. The van der Waals surface area contributed by atoms with Crippen LogP contribution in [0.5, 0.6) is 0 Å². The Morgan fingerprint density at radius 2 is 1.86 bits per heavy atom. The van der Waals surface area contributed by atoms with E-state index in [4.69, 9.17) is 6.92 Å². The Balaban J connectivity index is 2.31. The fraction of sp³-hybridized carbons (Fsp3) is 0.700. The monoisotopic (exact) mass is 197 g/mol. The van der Waals surface area contributed by atoms with E-state index < -0.39 is 5.91 Å². The minimum absolute atomic E-state index is 0.00840. The van der Waals surface area contributed by atoms with Gasteiger partial charge in [-0.25, -0.2) is 0 Å². The molecule has 0 spiro atoms. The van der Waals surface area contributed by atoms with Crippen molar-refractivity contribution in [2.45, 2.75) is 31.7 Å². The normalized spacial score (nSPS) is 26.7. The first-order chi connectivity index (χ1) is 6.63. The Morgan fingerprint density at radius 1 is 1.29 bits per heavy atom. The van der Waals surface area contributed by atoms with Gasteiger partial charge in [0, 0.05) is 6.04 Å². The molecule has 4 nitrogen and oxygen atoms in total. The smallest absolute Gasteiger partial charge is 0.308 e. The van der Waals surface area contributed by atoms with Crippen LogP contribution >= 0.6 is 0 Å². The minimum Gasteiger partial charge on any atom is -0.469 e. The van der Waals surface area contributed by atoms with Crippen LogP contribution in [0.3, 0.4) is 0 Å². The first kappa shape index (κ1) is 11.0. The van der Waals surface area contributed by atoms with E-state index in [1.54, 1.807) is 0 Å². The molecule has 1 aliphatic carbocycles. The molecule has 0 atom stereocenters. The molecule has 0 heterocycles. The quantitative estimate of drug-likeness (QED) is 0.657. The van der Waals surface area contributed by atoms with Gasteiger partial charge in [0.25, 0.3) is 0 Å². The molecule has 1 aliphatic rings. The number of esters is 1. The highest BCUT2D eigenvalue weighted by atomic mass is 16.5. The molecule has 1 fully saturated rings. The average Bonchev–Trinajstić information content (AvgIpc) is 2.17. The Bertz CT molecular complexity index is 219. The van der Waals surface area contributed by atoms with E-state index in [0.29, 0.717) is 0 Å². The lowest BCUT2D eigenvalue weighted by molar-refractivity contribution is -0.146. The van der Waals surface area contributed by atoms with Crippen LogP contribution in [0.4, 0.5) is 0 Å². The van der Waals surface area contributed by atoms with Crippen LogP contribution in [0.15, 0.2) is 0 Å². The first-order valence-corrected chi connectivity index (χ1v) is 4.77. The summed E-state index contributed by atoms with van der Waals surface area (Å²) in [6.45, 7) is 5.00. The third-order valence-electron chi connectivity index (χ3n) is 2.61. The predicted octanol–water partition coefficient (Wildman–Crippen LogP) is 0.545. The van der Waals surface area contributed by atoms with Gasteiger partial charge < -0.3 is 10.1 Å². The maximum absolute atomic E-state index is 11.2. The molecule has 1 saturated carbocycles. The van der Waals surface area contributed by atoms with E-state index in [-0.39, 0.29) is 17.9 Å². The van der Waals surface area contributed by atoms with Crippen LogP contribution in [0.2, 0.25) is 0 Å². The van der Waals surface area contributed by atoms with Crippen molar-refractivity contribution in [3.63, 3.8) is 0 Å². The number of methoxy groups -OCH3 is 1. The van der Waals surface area contributed by atoms with Crippen molar-refractivity contribution in [3.8, 4) is 0 Å². The van der Waals surface area contributed by atoms with Gasteiger partial charge in [0.05, 0.1) is 20.0 Å². The van der Waals surface area contributed by atoms with E-state index in [2.05, 4.69) is 10.1 Å². The van der Waals surface area contributed by atoms with Crippen LogP contribution in [0.1, 0.15) is 25.7 Å². The minimum atomic E-state index is -0.494. The number of carbonyl (C=O) groups excluding carboxylic acids is 2. The molecule has 0 bridgehead atoms. The highest BCUT2D eigenvalue weighted by Crippen LogP contribution is 2.25. The van der Waals surface area contributed by atoms with Gasteiger partial charge in [-0.3, -0.25) is 9.59 Å². The Morgan fingerprint density at radius 3 is 2.29 bits per heavy atom. The number of hydrogen-bond acceptors (Lipinski definition) is 3. The van der Waals surface area contributed by atoms with Crippen LogP contribution in [0, 0.1) is 12.8 Å². The van der Waals surface area contributed by atoms with Crippen molar-refractivity contribution in [1.29, 1.82) is 0 Å². The molecule has 2 radical (unpaired) electrons. The Labute approximate surface area is 84.0 Å². The van der Waals surface area contributed by atoms with Gasteiger partial charge in [0.1, 0.15) is 0 Å². The third-order valence-corrected chi connectivity index (χ3v) is 2.61. The van der Waals surface area contributed by atoms with Crippen molar-refractivity contribution in [3.05, 3.63) is 6.92 Å². The second-order valence-corrected chi connectivity index (χ2v) is 3.58. The molecular weight excluding hydrogens is 182 g/mol. The lowest BCUT2D eigenvalue weighted by atomic mass is 9.86. The molecule has 0 aliphatic heterocycles. The maximum Gasteiger partial charge on any atom is 0.308 e. The van der Waals surface area contributed by atoms with Crippen molar-refractivity contribution >= 4 is 11.9 Å². The second-order valence-electron chi connectivity index (χ2n) is 3.58. The molecule has 78 valence electrons. The Hall–Kier alpha value is -1.06. The Kier molecular flexibility index (Phi) is 3.92. The molecule has 0 aromatic rings. The summed E-state index contributed by atoms with van der Waals surface area (Å²) in [5.41, 5.74) is 0. The molecule has 0 saturated heterocycles. The molecule has 0 aromatic heterocycles. The van der Waals surface area contributed by atoms with Crippen LogP contribution < -0.4 is 5.32 Å². The van der Waals surface area contributed by atoms with Gasteiger partial charge in [-0.15, -0.1) is 0 Å². The molecule has 1 N–H and O–H groups in total. The van der Waals surface area contributed by atoms with Crippen molar-refractivity contribution < 1.29 is 14.3 Å². The van der Waals surface area contributed by atoms with E-state index in [1.165, 1.54) is 7.11 Å².